The van der Waals surface area contributed by atoms with Gasteiger partial charge < -0.3 is 19.3 Å². The van der Waals surface area contributed by atoms with Crippen LogP contribution in [0.2, 0.25) is 25.7 Å². The highest BCUT2D eigenvalue weighted by Crippen LogP contribution is 2.33. The summed E-state index contributed by atoms with van der Waals surface area (Å²) in [6, 6.07) is 9.15. The highest BCUT2D eigenvalue weighted by Gasteiger charge is 2.31. The van der Waals surface area contributed by atoms with E-state index in [2.05, 4.69) is 19.6 Å². The molecule has 0 aromatic heterocycles. The summed E-state index contributed by atoms with van der Waals surface area (Å²) in [4.78, 5) is 0. The number of ether oxygens (including phenoxy) is 3. The van der Waals surface area contributed by atoms with E-state index in [1.807, 2.05) is 0 Å². The summed E-state index contributed by atoms with van der Waals surface area (Å²) in [5.41, 5.74) is 0.0331. The average Bonchev–Trinajstić information content (AvgIpc) is 2.64. The summed E-state index contributed by atoms with van der Waals surface area (Å²) in [6.07, 6.45) is -1.41. The Morgan fingerprint density at radius 1 is 0.967 bits per heavy atom. The first-order valence-corrected chi connectivity index (χ1v) is 13.2. The second-order valence-corrected chi connectivity index (χ2v) is 13.7. The van der Waals surface area contributed by atoms with Crippen molar-refractivity contribution in [2.24, 2.45) is 0 Å². The standard InChI is InChI=1S/C22H27F3O4Si/c1-27-21-13-16(7-8-20(21)29-15-28-9-10-30(2,3)4)5-6-17-11-18(22(23,24)25)14-19(26)12-17/h5-8,11-14,26H,9-10,15H2,1-4H3/b6-5+. The van der Waals surface area contributed by atoms with E-state index in [9.17, 15) is 18.3 Å². The van der Waals surface area contributed by atoms with E-state index < -0.39 is 25.6 Å². The largest absolute Gasteiger partial charge is 0.508 e. The Hall–Kier alpha value is -2.45. The molecule has 4 nitrogen and oxygen atoms in total. The maximum Gasteiger partial charge on any atom is 0.416 e. The molecule has 0 saturated heterocycles. The van der Waals surface area contributed by atoms with Crippen molar-refractivity contribution in [3.8, 4) is 17.2 Å². The summed E-state index contributed by atoms with van der Waals surface area (Å²) in [5.74, 6) is 0.553. The van der Waals surface area contributed by atoms with Crippen LogP contribution in [0.25, 0.3) is 12.2 Å². The van der Waals surface area contributed by atoms with Gasteiger partial charge in [0.2, 0.25) is 0 Å². The fourth-order valence-corrected chi connectivity index (χ4v) is 3.29. The minimum absolute atomic E-state index is 0.111. The van der Waals surface area contributed by atoms with Gasteiger partial charge in [-0.15, -0.1) is 0 Å². The maximum absolute atomic E-state index is 12.9. The Morgan fingerprint density at radius 3 is 2.30 bits per heavy atom. The normalized spacial score (nSPS) is 12.4. The quantitative estimate of drug-likeness (QED) is 0.216. The van der Waals surface area contributed by atoms with Crippen molar-refractivity contribution >= 4 is 20.2 Å². The predicted octanol–water partition coefficient (Wildman–Crippen LogP) is 6.28. The van der Waals surface area contributed by atoms with Gasteiger partial charge in [-0.3, -0.25) is 0 Å². The molecule has 8 heteroatoms. The lowest BCUT2D eigenvalue weighted by atomic mass is 10.1. The molecule has 2 aromatic carbocycles. The van der Waals surface area contributed by atoms with Gasteiger partial charge >= 0.3 is 6.18 Å². The van der Waals surface area contributed by atoms with Crippen molar-refractivity contribution in [2.75, 3.05) is 20.5 Å². The number of methoxy groups -OCH3 is 1. The fraction of sp³-hybridized carbons (Fsp3) is 0.364. The third kappa shape index (κ3) is 7.76. The molecule has 2 aromatic rings. The number of hydrogen-bond acceptors (Lipinski definition) is 4. The van der Waals surface area contributed by atoms with E-state index in [0.29, 0.717) is 29.7 Å². The first-order chi connectivity index (χ1) is 14.0. The van der Waals surface area contributed by atoms with Crippen LogP contribution in [0, 0.1) is 0 Å². The Morgan fingerprint density at radius 2 is 1.67 bits per heavy atom. The number of phenolic OH excluding ortho intramolecular Hbond substituents is 1. The second-order valence-electron chi connectivity index (χ2n) is 8.04. The van der Waals surface area contributed by atoms with Crippen molar-refractivity contribution in [2.45, 2.75) is 31.9 Å². The molecule has 2 rings (SSSR count). The van der Waals surface area contributed by atoms with Crippen LogP contribution in [0.5, 0.6) is 17.2 Å². The van der Waals surface area contributed by atoms with Crippen LogP contribution >= 0.6 is 0 Å². The van der Waals surface area contributed by atoms with Gasteiger partial charge in [0, 0.05) is 14.7 Å². The van der Waals surface area contributed by atoms with Gasteiger partial charge in [0.25, 0.3) is 0 Å². The van der Waals surface area contributed by atoms with E-state index in [1.165, 1.54) is 19.3 Å². The zero-order valence-electron chi connectivity index (χ0n) is 17.5. The molecule has 0 aliphatic carbocycles. The average molecular weight is 441 g/mol. The van der Waals surface area contributed by atoms with Crippen LogP contribution in [-0.2, 0) is 10.9 Å². The van der Waals surface area contributed by atoms with Crippen molar-refractivity contribution in [3.63, 3.8) is 0 Å². The van der Waals surface area contributed by atoms with Crippen LogP contribution in [0.4, 0.5) is 13.2 Å². The first-order valence-electron chi connectivity index (χ1n) is 9.46. The highest BCUT2D eigenvalue weighted by molar-refractivity contribution is 6.76. The fourth-order valence-electron chi connectivity index (χ4n) is 2.54. The molecule has 164 valence electrons. The number of aromatic hydroxyl groups is 1. The number of halogens is 3. The van der Waals surface area contributed by atoms with Crippen molar-refractivity contribution in [1.29, 1.82) is 0 Å². The number of rotatable bonds is 9. The molecule has 0 aliphatic heterocycles. The molecular weight excluding hydrogens is 413 g/mol. The van der Waals surface area contributed by atoms with E-state index in [-0.39, 0.29) is 12.4 Å². The van der Waals surface area contributed by atoms with Crippen molar-refractivity contribution < 1.29 is 32.5 Å². The Labute approximate surface area is 175 Å². The summed E-state index contributed by atoms with van der Waals surface area (Å²) >= 11 is 0. The van der Waals surface area contributed by atoms with E-state index in [1.54, 1.807) is 24.3 Å². The molecule has 0 saturated carbocycles. The van der Waals surface area contributed by atoms with Crippen molar-refractivity contribution in [1.82, 2.24) is 0 Å². The third-order valence-electron chi connectivity index (χ3n) is 4.22. The number of alkyl halides is 3. The molecule has 1 N–H and O–H groups in total. The number of benzene rings is 2. The zero-order valence-corrected chi connectivity index (χ0v) is 18.5. The lowest BCUT2D eigenvalue weighted by Crippen LogP contribution is -2.22. The van der Waals surface area contributed by atoms with Gasteiger partial charge in [0.1, 0.15) is 5.75 Å². The van der Waals surface area contributed by atoms with Crippen LogP contribution in [0.15, 0.2) is 36.4 Å². The summed E-state index contributed by atoms with van der Waals surface area (Å²) in [6.45, 7) is 7.57. The van der Waals surface area contributed by atoms with Crippen LogP contribution in [0.3, 0.4) is 0 Å². The lowest BCUT2D eigenvalue weighted by molar-refractivity contribution is -0.137. The molecule has 0 fully saturated rings. The zero-order chi connectivity index (χ0) is 22.4. The van der Waals surface area contributed by atoms with Gasteiger partial charge in [-0.1, -0.05) is 37.9 Å². The molecule has 0 heterocycles. The maximum atomic E-state index is 12.9. The van der Waals surface area contributed by atoms with Crippen LogP contribution in [-0.4, -0.2) is 33.7 Å². The molecule has 0 spiro atoms. The number of hydrogen-bond donors (Lipinski definition) is 1. The van der Waals surface area contributed by atoms with Crippen LogP contribution in [0.1, 0.15) is 16.7 Å². The van der Waals surface area contributed by atoms with Gasteiger partial charge in [0.15, 0.2) is 18.3 Å². The van der Waals surface area contributed by atoms with E-state index >= 15 is 0 Å². The first kappa shape index (κ1) is 23.8. The van der Waals surface area contributed by atoms with Gasteiger partial charge in [-0.05, 0) is 47.5 Å². The minimum atomic E-state index is -4.53. The van der Waals surface area contributed by atoms with Crippen LogP contribution < -0.4 is 9.47 Å². The SMILES string of the molecule is COc1cc(/C=C/c2cc(O)cc(C(F)(F)F)c2)ccc1OCOCC[Si](C)(C)C. The third-order valence-corrected chi connectivity index (χ3v) is 5.92. The van der Waals surface area contributed by atoms with Gasteiger partial charge in [-0.2, -0.15) is 13.2 Å². The predicted molar refractivity (Wildman–Crippen MR) is 115 cm³/mol. The molecule has 0 aliphatic rings. The Balaban J connectivity index is 2.05. The van der Waals surface area contributed by atoms with Gasteiger partial charge in [-0.25, -0.2) is 0 Å². The molecule has 0 unspecified atom stereocenters. The summed E-state index contributed by atoms with van der Waals surface area (Å²) < 4.78 is 55.1. The number of phenols is 1. The Bertz CT molecular complexity index is 874. The second kappa shape index (κ2) is 10.0. The molecular formula is C22H27F3O4Si. The molecule has 30 heavy (non-hydrogen) atoms. The van der Waals surface area contributed by atoms with E-state index in [4.69, 9.17) is 14.2 Å². The molecule has 0 atom stereocenters. The smallest absolute Gasteiger partial charge is 0.416 e. The Kier molecular flexibility index (Phi) is 7.97. The monoisotopic (exact) mass is 440 g/mol. The molecule has 0 amide bonds. The molecule has 0 bridgehead atoms. The van der Waals surface area contributed by atoms with Crippen molar-refractivity contribution in [3.05, 3.63) is 53.1 Å². The lowest BCUT2D eigenvalue weighted by Gasteiger charge is -2.16. The van der Waals surface area contributed by atoms with Gasteiger partial charge in [0.05, 0.1) is 12.7 Å². The summed E-state index contributed by atoms with van der Waals surface area (Å²) in [5, 5.41) is 9.56. The van der Waals surface area contributed by atoms with E-state index in [0.717, 1.165) is 12.1 Å². The highest BCUT2D eigenvalue weighted by atomic mass is 28.3. The summed E-state index contributed by atoms with van der Waals surface area (Å²) in [7, 11) is 0.349. The molecule has 0 radical (unpaired) electrons. The topological polar surface area (TPSA) is 47.9 Å². The minimum Gasteiger partial charge on any atom is -0.508 e.